The Morgan fingerprint density at radius 1 is 1.13 bits per heavy atom. The number of nitrogens with one attached hydrogen (secondary N) is 1. The second-order valence-corrected chi connectivity index (χ2v) is 8.55. The fourth-order valence-corrected chi connectivity index (χ4v) is 4.25. The molecule has 0 amide bonds. The molecule has 0 atom stereocenters. The number of nitrogens with zero attached hydrogens (tertiary/aromatic N) is 3. The van der Waals surface area contributed by atoms with Crippen LogP contribution in [0.15, 0.2) is 41.9 Å². The fourth-order valence-electron chi connectivity index (χ4n) is 3.51. The van der Waals surface area contributed by atoms with Gasteiger partial charge in [0.15, 0.2) is 5.13 Å². The van der Waals surface area contributed by atoms with Crippen molar-refractivity contribution < 1.29 is 17.9 Å². The van der Waals surface area contributed by atoms with E-state index in [4.69, 9.17) is 4.74 Å². The van der Waals surface area contributed by atoms with Crippen LogP contribution in [0.1, 0.15) is 31.2 Å². The number of thiazole rings is 1. The van der Waals surface area contributed by atoms with E-state index >= 15 is 0 Å². The van der Waals surface area contributed by atoms with Crippen LogP contribution in [-0.2, 0) is 6.18 Å². The quantitative estimate of drug-likeness (QED) is 0.476. The lowest BCUT2D eigenvalue weighted by Crippen LogP contribution is -2.15. The summed E-state index contributed by atoms with van der Waals surface area (Å²) in [5.41, 5.74) is 1.09. The SMILES string of the molecule is CN(C)c1ccc(-c2csc(Nc3ccc(OC4CCCC4)c(C(F)(F)F)c3)n2)cn1. The Morgan fingerprint density at radius 3 is 2.55 bits per heavy atom. The first kappa shape index (κ1) is 21.4. The molecule has 1 N–H and O–H groups in total. The van der Waals surface area contributed by atoms with Crippen molar-refractivity contribution in [3.05, 3.63) is 47.5 Å². The summed E-state index contributed by atoms with van der Waals surface area (Å²) in [6.07, 6.45) is 0.656. The average molecular weight is 449 g/mol. The summed E-state index contributed by atoms with van der Waals surface area (Å²) < 4.78 is 46.5. The van der Waals surface area contributed by atoms with E-state index in [0.717, 1.165) is 43.1 Å². The topological polar surface area (TPSA) is 50.3 Å². The molecule has 1 saturated carbocycles. The van der Waals surface area contributed by atoms with Crippen LogP contribution in [-0.4, -0.2) is 30.2 Å². The second-order valence-electron chi connectivity index (χ2n) is 7.70. The number of hydrogen-bond acceptors (Lipinski definition) is 6. The number of aromatic nitrogens is 2. The van der Waals surface area contributed by atoms with Gasteiger partial charge in [0.1, 0.15) is 11.6 Å². The predicted octanol–water partition coefficient (Wildman–Crippen LogP) is 6.35. The Morgan fingerprint density at radius 2 is 1.90 bits per heavy atom. The maximum atomic E-state index is 13.6. The van der Waals surface area contributed by atoms with Crippen molar-refractivity contribution in [3.8, 4) is 17.0 Å². The minimum Gasteiger partial charge on any atom is -0.490 e. The zero-order valence-electron chi connectivity index (χ0n) is 17.2. The lowest BCUT2D eigenvalue weighted by atomic mass is 10.1. The zero-order chi connectivity index (χ0) is 22.0. The van der Waals surface area contributed by atoms with Crippen molar-refractivity contribution in [2.75, 3.05) is 24.3 Å². The van der Waals surface area contributed by atoms with Gasteiger partial charge in [0.25, 0.3) is 0 Å². The standard InChI is InChI=1S/C22H23F3N4OS/c1-29(2)20-10-7-14(12-26-20)18-13-31-21(28-18)27-15-8-9-19(17(11-15)22(23,24)25)30-16-5-3-4-6-16/h7-13,16H,3-6H2,1-2H3,(H,27,28). The molecule has 5 nitrogen and oxygen atoms in total. The Hall–Kier alpha value is -2.81. The van der Waals surface area contributed by atoms with Crippen LogP contribution in [0.3, 0.4) is 0 Å². The van der Waals surface area contributed by atoms with Crippen molar-refractivity contribution >= 4 is 28.0 Å². The average Bonchev–Trinajstić information content (AvgIpc) is 3.40. The molecule has 0 saturated heterocycles. The maximum Gasteiger partial charge on any atom is 0.420 e. The van der Waals surface area contributed by atoms with E-state index in [1.165, 1.54) is 17.4 Å². The number of hydrogen-bond donors (Lipinski definition) is 1. The molecule has 3 aromatic rings. The molecule has 1 fully saturated rings. The first-order chi connectivity index (χ1) is 14.8. The molecule has 2 aromatic heterocycles. The first-order valence-electron chi connectivity index (χ1n) is 10.0. The van der Waals surface area contributed by atoms with Gasteiger partial charge in [0, 0.05) is 36.9 Å². The lowest BCUT2D eigenvalue weighted by molar-refractivity contribution is -0.139. The van der Waals surface area contributed by atoms with Gasteiger partial charge in [-0.3, -0.25) is 0 Å². The van der Waals surface area contributed by atoms with Gasteiger partial charge in [-0.2, -0.15) is 13.2 Å². The van der Waals surface area contributed by atoms with E-state index in [1.54, 1.807) is 12.3 Å². The van der Waals surface area contributed by atoms with Crippen molar-refractivity contribution in [2.45, 2.75) is 38.0 Å². The minimum absolute atomic E-state index is 0.114. The molecule has 4 rings (SSSR count). The Labute approximate surface area is 182 Å². The summed E-state index contributed by atoms with van der Waals surface area (Å²) in [4.78, 5) is 10.8. The maximum absolute atomic E-state index is 13.6. The number of rotatable bonds is 6. The van der Waals surface area contributed by atoms with Crippen LogP contribution in [0.2, 0.25) is 0 Å². The van der Waals surface area contributed by atoms with Crippen LogP contribution < -0.4 is 15.0 Å². The zero-order valence-corrected chi connectivity index (χ0v) is 18.1. The summed E-state index contributed by atoms with van der Waals surface area (Å²) in [6, 6.07) is 7.87. The van der Waals surface area contributed by atoms with Crippen LogP contribution in [0.25, 0.3) is 11.3 Å². The number of ether oxygens (including phenoxy) is 1. The van der Waals surface area contributed by atoms with Crippen molar-refractivity contribution in [3.63, 3.8) is 0 Å². The number of anilines is 3. The smallest absolute Gasteiger partial charge is 0.420 e. The largest absolute Gasteiger partial charge is 0.490 e. The highest BCUT2D eigenvalue weighted by molar-refractivity contribution is 7.14. The summed E-state index contributed by atoms with van der Waals surface area (Å²) in [5.74, 6) is 0.716. The van der Waals surface area contributed by atoms with Gasteiger partial charge in [-0.25, -0.2) is 9.97 Å². The molecule has 164 valence electrons. The molecule has 1 aliphatic carbocycles. The van der Waals surface area contributed by atoms with E-state index in [2.05, 4.69) is 15.3 Å². The highest BCUT2D eigenvalue weighted by Gasteiger charge is 2.35. The molecule has 0 unspecified atom stereocenters. The van der Waals surface area contributed by atoms with Gasteiger partial charge in [-0.05, 0) is 56.0 Å². The fraction of sp³-hybridized carbons (Fsp3) is 0.364. The Kier molecular flexibility index (Phi) is 6.04. The molecular weight excluding hydrogens is 425 g/mol. The lowest BCUT2D eigenvalue weighted by Gasteiger charge is -2.19. The Bertz CT molecular complexity index is 1030. The number of alkyl halides is 3. The summed E-state index contributed by atoms with van der Waals surface area (Å²) in [7, 11) is 3.82. The Balaban J connectivity index is 1.52. The predicted molar refractivity (Wildman–Crippen MR) is 117 cm³/mol. The highest BCUT2D eigenvalue weighted by atomic mass is 32.1. The molecule has 31 heavy (non-hydrogen) atoms. The molecule has 9 heteroatoms. The summed E-state index contributed by atoms with van der Waals surface area (Å²) >= 11 is 1.32. The minimum atomic E-state index is -4.50. The third-order valence-electron chi connectivity index (χ3n) is 5.14. The molecule has 2 heterocycles. The molecule has 0 radical (unpaired) electrons. The van der Waals surface area contributed by atoms with Gasteiger partial charge in [0.05, 0.1) is 17.4 Å². The van der Waals surface area contributed by atoms with Crippen LogP contribution >= 0.6 is 11.3 Å². The number of benzene rings is 1. The van der Waals surface area contributed by atoms with Crippen molar-refractivity contribution in [1.29, 1.82) is 0 Å². The van der Waals surface area contributed by atoms with Gasteiger partial charge in [0.2, 0.25) is 0 Å². The van der Waals surface area contributed by atoms with E-state index in [1.807, 2.05) is 36.5 Å². The van der Waals surface area contributed by atoms with E-state index in [0.29, 0.717) is 16.5 Å². The third kappa shape index (κ3) is 5.10. The van der Waals surface area contributed by atoms with E-state index in [9.17, 15) is 13.2 Å². The van der Waals surface area contributed by atoms with Gasteiger partial charge in [-0.15, -0.1) is 11.3 Å². The first-order valence-corrected chi connectivity index (χ1v) is 10.9. The van der Waals surface area contributed by atoms with E-state index < -0.39 is 11.7 Å². The molecule has 0 bridgehead atoms. The monoisotopic (exact) mass is 448 g/mol. The highest BCUT2D eigenvalue weighted by Crippen LogP contribution is 2.40. The summed E-state index contributed by atoms with van der Waals surface area (Å²) in [5, 5.41) is 5.33. The molecule has 0 aliphatic heterocycles. The van der Waals surface area contributed by atoms with Crippen molar-refractivity contribution in [2.24, 2.45) is 0 Å². The number of pyridine rings is 1. The molecule has 1 aliphatic rings. The van der Waals surface area contributed by atoms with Crippen molar-refractivity contribution in [1.82, 2.24) is 9.97 Å². The van der Waals surface area contributed by atoms with Gasteiger partial charge < -0.3 is 15.0 Å². The second kappa shape index (κ2) is 8.74. The van der Waals surface area contributed by atoms with Crippen LogP contribution in [0, 0.1) is 0 Å². The van der Waals surface area contributed by atoms with E-state index in [-0.39, 0.29) is 11.9 Å². The van der Waals surface area contributed by atoms with Crippen LogP contribution in [0.5, 0.6) is 5.75 Å². The van der Waals surface area contributed by atoms with Gasteiger partial charge in [-0.1, -0.05) is 0 Å². The summed E-state index contributed by atoms with van der Waals surface area (Å²) in [6.45, 7) is 0. The van der Waals surface area contributed by atoms with Crippen LogP contribution in [0.4, 0.5) is 29.8 Å². The van der Waals surface area contributed by atoms with Gasteiger partial charge >= 0.3 is 6.18 Å². The third-order valence-corrected chi connectivity index (χ3v) is 5.90. The normalized spacial score (nSPS) is 14.6. The number of halogens is 3. The molecule has 1 aromatic carbocycles. The molecular formula is C22H23F3N4OS. The molecule has 0 spiro atoms.